The van der Waals surface area contributed by atoms with Gasteiger partial charge in [0.05, 0.1) is 0 Å². The molecule has 4 rings (SSSR count). The van der Waals surface area contributed by atoms with Crippen molar-refractivity contribution in [3.05, 3.63) is 83.0 Å². The number of anilines is 1. The number of fused-ring (bicyclic) bond motifs is 1. The first-order valence-electron chi connectivity index (χ1n) is 8.43. The fourth-order valence-corrected chi connectivity index (χ4v) is 3.84. The number of nitrogens with two attached hydrogens (primary N) is 1. The van der Waals surface area contributed by atoms with E-state index < -0.39 is 0 Å². The van der Waals surface area contributed by atoms with E-state index >= 15 is 0 Å². The molecule has 0 spiro atoms. The van der Waals surface area contributed by atoms with Gasteiger partial charge in [-0.1, -0.05) is 72.4 Å². The van der Waals surface area contributed by atoms with Crippen LogP contribution in [0.5, 0.6) is 0 Å². The first kappa shape index (κ1) is 16.6. The summed E-state index contributed by atoms with van der Waals surface area (Å²) in [6.07, 6.45) is 0.755. The van der Waals surface area contributed by atoms with Crippen LogP contribution in [0.25, 0.3) is 5.65 Å². The van der Waals surface area contributed by atoms with Gasteiger partial charge in [-0.05, 0) is 18.1 Å². The minimum atomic E-state index is 0.426. The van der Waals surface area contributed by atoms with Crippen LogP contribution in [0.2, 0.25) is 0 Å². The molecule has 5 nitrogen and oxygen atoms in total. The maximum atomic E-state index is 6.19. The fourth-order valence-electron chi connectivity index (χ4n) is 2.95. The van der Waals surface area contributed by atoms with Crippen molar-refractivity contribution in [2.75, 3.05) is 5.73 Å². The number of hydrogen-bond acceptors (Lipinski definition) is 5. The molecule has 6 heteroatoms. The van der Waals surface area contributed by atoms with E-state index in [9.17, 15) is 0 Å². The molecule has 130 valence electrons. The van der Waals surface area contributed by atoms with Gasteiger partial charge in [0.2, 0.25) is 5.95 Å². The number of aryl methyl sites for hydroxylation is 1. The third-order valence-corrected chi connectivity index (χ3v) is 5.29. The zero-order chi connectivity index (χ0) is 17.9. The predicted molar refractivity (Wildman–Crippen MR) is 105 cm³/mol. The van der Waals surface area contributed by atoms with Crippen molar-refractivity contribution >= 4 is 23.4 Å². The van der Waals surface area contributed by atoms with Crippen molar-refractivity contribution in [2.45, 2.75) is 24.3 Å². The molecular weight excluding hydrogens is 342 g/mol. The normalized spacial score (nSPS) is 11.1. The molecule has 0 unspecified atom stereocenters. The molecule has 26 heavy (non-hydrogen) atoms. The number of hydrogen-bond donors (Lipinski definition) is 1. The van der Waals surface area contributed by atoms with Gasteiger partial charge in [-0.25, -0.2) is 9.38 Å². The predicted octanol–water partition coefficient (Wildman–Crippen LogP) is 3.90. The summed E-state index contributed by atoms with van der Waals surface area (Å²) in [7, 11) is 0. The van der Waals surface area contributed by atoms with E-state index in [1.165, 1.54) is 11.1 Å². The molecular formula is C20H19N5S. The summed E-state index contributed by atoms with van der Waals surface area (Å²) in [6, 6.07) is 20.6. The quantitative estimate of drug-likeness (QED) is 0.546. The van der Waals surface area contributed by atoms with Gasteiger partial charge < -0.3 is 5.73 Å². The van der Waals surface area contributed by atoms with Gasteiger partial charge in [0.15, 0.2) is 10.8 Å². The molecule has 2 aromatic heterocycles. The SMILES string of the molecule is Cc1nc(N)n2c(SCc3ccccc3)nnc2c1Cc1ccccc1. The average molecular weight is 361 g/mol. The Kier molecular flexibility index (Phi) is 4.58. The van der Waals surface area contributed by atoms with Gasteiger partial charge in [-0.3, -0.25) is 0 Å². The number of rotatable bonds is 5. The van der Waals surface area contributed by atoms with Gasteiger partial charge >= 0.3 is 0 Å². The first-order valence-corrected chi connectivity index (χ1v) is 9.41. The molecule has 0 bridgehead atoms. The van der Waals surface area contributed by atoms with Crippen LogP contribution in [-0.2, 0) is 12.2 Å². The lowest BCUT2D eigenvalue weighted by atomic mass is 10.0. The van der Waals surface area contributed by atoms with E-state index in [1.807, 2.05) is 47.7 Å². The van der Waals surface area contributed by atoms with E-state index in [-0.39, 0.29) is 0 Å². The molecule has 0 radical (unpaired) electrons. The average Bonchev–Trinajstić information content (AvgIpc) is 3.09. The number of benzene rings is 2. The van der Waals surface area contributed by atoms with Gasteiger partial charge in [-0.15, -0.1) is 10.2 Å². The Labute approximate surface area is 156 Å². The van der Waals surface area contributed by atoms with Crippen LogP contribution < -0.4 is 5.73 Å². The highest BCUT2D eigenvalue weighted by Crippen LogP contribution is 2.26. The van der Waals surface area contributed by atoms with Crippen molar-refractivity contribution in [1.29, 1.82) is 0 Å². The Bertz CT molecular complexity index is 1030. The Balaban J connectivity index is 1.69. The lowest BCUT2D eigenvalue weighted by molar-refractivity contribution is 0.902. The van der Waals surface area contributed by atoms with Crippen LogP contribution in [0, 0.1) is 6.92 Å². The second-order valence-corrected chi connectivity index (χ2v) is 7.05. The summed E-state index contributed by atoms with van der Waals surface area (Å²) in [5, 5.41) is 9.56. The minimum absolute atomic E-state index is 0.426. The third-order valence-electron chi connectivity index (χ3n) is 4.29. The van der Waals surface area contributed by atoms with Crippen LogP contribution in [-0.4, -0.2) is 19.6 Å². The molecule has 0 aliphatic carbocycles. The topological polar surface area (TPSA) is 69.1 Å². The third kappa shape index (κ3) is 3.28. The fraction of sp³-hybridized carbons (Fsp3) is 0.150. The monoisotopic (exact) mass is 361 g/mol. The van der Waals surface area contributed by atoms with Crippen LogP contribution >= 0.6 is 11.8 Å². The second-order valence-electron chi connectivity index (χ2n) is 6.11. The van der Waals surface area contributed by atoms with Gasteiger partial charge in [-0.2, -0.15) is 0 Å². The number of thioether (sulfide) groups is 1. The standard InChI is InChI=1S/C20H19N5S/c1-14-17(12-15-8-4-2-5-9-15)18-23-24-20(25(18)19(21)22-14)26-13-16-10-6-3-7-11-16/h2-11H,12-13H2,1H3,(H2,21,22). The first-order chi connectivity index (χ1) is 12.7. The van der Waals surface area contributed by atoms with Crippen molar-refractivity contribution in [2.24, 2.45) is 0 Å². The maximum absolute atomic E-state index is 6.19. The van der Waals surface area contributed by atoms with Gasteiger partial charge in [0.25, 0.3) is 0 Å². The molecule has 0 aliphatic rings. The van der Waals surface area contributed by atoms with E-state index in [4.69, 9.17) is 5.73 Å². The smallest absolute Gasteiger partial charge is 0.208 e. The lowest BCUT2D eigenvalue weighted by Gasteiger charge is -2.10. The van der Waals surface area contributed by atoms with Crippen molar-refractivity contribution < 1.29 is 0 Å². The highest BCUT2D eigenvalue weighted by atomic mass is 32.2. The maximum Gasteiger partial charge on any atom is 0.208 e. The van der Waals surface area contributed by atoms with E-state index in [0.29, 0.717) is 5.95 Å². The van der Waals surface area contributed by atoms with Crippen molar-refractivity contribution in [3.8, 4) is 0 Å². The van der Waals surface area contributed by atoms with Crippen molar-refractivity contribution in [1.82, 2.24) is 19.6 Å². The summed E-state index contributed by atoms with van der Waals surface area (Å²) in [4.78, 5) is 4.53. The summed E-state index contributed by atoms with van der Waals surface area (Å²) in [5.74, 6) is 1.23. The van der Waals surface area contributed by atoms with Crippen LogP contribution in [0.1, 0.15) is 22.4 Å². The molecule has 0 saturated carbocycles. The molecule has 2 aromatic carbocycles. The van der Waals surface area contributed by atoms with Gasteiger partial charge in [0.1, 0.15) is 0 Å². The van der Waals surface area contributed by atoms with E-state index in [0.717, 1.165) is 34.2 Å². The summed E-state index contributed by atoms with van der Waals surface area (Å²) in [6.45, 7) is 1.97. The molecule has 0 amide bonds. The van der Waals surface area contributed by atoms with Crippen molar-refractivity contribution in [3.63, 3.8) is 0 Å². The largest absolute Gasteiger partial charge is 0.369 e. The minimum Gasteiger partial charge on any atom is -0.369 e. The number of nitrogens with zero attached hydrogens (tertiary/aromatic N) is 4. The van der Waals surface area contributed by atoms with E-state index in [2.05, 4.69) is 39.4 Å². The number of aromatic nitrogens is 4. The zero-order valence-corrected chi connectivity index (χ0v) is 15.3. The molecule has 0 aliphatic heterocycles. The molecule has 0 saturated heterocycles. The van der Waals surface area contributed by atoms with Crippen LogP contribution in [0.4, 0.5) is 5.95 Å². The lowest BCUT2D eigenvalue weighted by Crippen LogP contribution is -2.07. The summed E-state index contributed by atoms with van der Waals surface area (Å²) < 4.78 is 1.86. The van der Waals surface area contributed by atoms with Crippen LogP contribution in [0.3, 0.4) is 0 Å². The molecule has 2 heterocycles. The molecule has 0 atom stereocenters. The Hall–Kier alpha value is -2.86. The second kappa shape index (κ2) is 7.17. The Morgan fingerprint density at radius 2 is 1.58 bits per heavy atom. The number of nitrogen functional groups attached to an aromatic ring is 1. The summed E-state index contributed by atoms with van der Waals surface area (Å²) in [5.41, 5.74) is 11.4. The Morgan fingerprint density at radius 3 is 2.27 bits per heavy atom. The summed E-state index contributed by atoms with van der Waals surface area (Å²) >= 11 is 1.61. The van der Waals surface area contributed by atoms with E-state index in [1.54, 1.807) is 11.8 Å². The van der Waals surface area contributed by atoms with Crippen LogP contribution in [0.15, 0.2) is 65.8 Å². The Morgan fingerprint density at radius 1 is 0.923 bits per heavy atom. The highest BCUT2D eigenvalue weighted by molar-refractivity contribution is 7.98. The van der Waals surface area contributed by atoms with Gasteiger partial charge in [0, 0.05) is 23.4 Å². The molecule has 4 aromatic rings. The molecule has 2 N–H and O–H groups in total. The zero-order valence-electron chi connectivity index (χ0n) is 14.5. The molecule has 0 fully saturated rings. The highest BCUT2D eigenvalue weighted by Gasteiger charge is 2.17.